The predicted octanol–water partition coefficient (Wildman–Crippen LogP) is 1.91. The molecular formula is C26H38FN5O4. The normalized spacial score (nSPS) is 16.9. The van der Waals surface area contributed by atoms with Gasteiger partial charge in [-0.3, -0.25) is 24.2 Å². The van der Waals surface area contributed by atoms with Crippen LogP contribution in [-0.4, -0.2) is 66.1 Å². The first kappa shape index (κ1) is 28.9. The maximum Gasteiger partial charge on any atom is 0.251 e. The number of carbonyl (C=O) groups is 4. The van der Waals surface area contributed by atoms with Crippen molar-refractivity contribution in [2.24, 2.45) is 28.3 Å². The molecule has 1 heterocycles. The van der Waals surface area contributed by atoms with Gasteiger partial charge in [0.1, 0.15) is 12.7 Å². The highest BCUT2D eigenvalue weighted by molar-refractivity contribution is 5.99. The third-order valence-corrected chi connectivity index (χ3v) is 6.45. The number of guanidine groups is 1. The fraction of sp³-hybridized carbons (Fsp3) is 0.577. The number of rotatable bonds is 13. The van der Waals surface area contributed by atoms with E-state index >= 15 is 0 Å². The van der Waals surface area contributed by atoms with Crippen molar-refractivity contribution < 1.29 is 23.6 Å². The molecule has 1 aliphatic heterocycles. The number of ketones is 2. The number of carbonyl (C=O) groups excluding carboxylic acids is 4. The molecule has 10 heteroatoms. The van der Waals surface area contributed by atoms with Gasteiger partial charge in [-0.2, -0.15) is 0 Å². The van der Waals surface area contributed by atoms with Crippen LogP contribution in [0.5, 0.6) is 0 Å². The van der Waals surface area contributed by atoms with E-state index in [1.165, 1.54) is 4.90 Å². The van der Waals surface area contributed by atoms with Crippen molar-refractivity contribution in [3.05, 3.63) is 35.4 Å². The number of halogens is 1. The number of amides is 2. The molecule has 1 saturated heterocycles. The fourth-order valence-corrected chi connectivity index (χ4v) is 4.48. The molecule has 0 radical (unpaired) electrons. The lowest BCUT2D eigenvalue weighted by molar-refractivity contribution is -0.140. The van der Waals surface area contributed by atoms with Gasteiger partial charge in [0.15, 0.2) is 17.5 Å². The highest BCUT2D eigenvalue weighted by atomic mass is 19.1. The van der Waals surface area contributed by atoms with Crippen LogP contribution in [-0.2, 0) is 14.4 Å². The first-order valence-corrected chi connectivity index (χ1v) is 12.4. The molecule has 0 saturated carbocycles. The monoisotopic (exact) mass is 503 g/mol. The number of nitrogens with zero attached hydrogens (tertiary/aromatic N) is 2. The molecule has 9 nitrogen and oxygen atoms in total. The quantitative estimate of drug-likeness (QED) is 0.213. The maximum atomic E-state index is 13.5. The molecule has 36 heavy (non-hydrogen) atoms. The molecular weight excluding hydrogens is 465 g/mol. The average molecular weight is 504 g/mol. The van der Waals surface area contributed by atoms with Crippen LogP contribution in [0.25, 0.3) is 0 Å². The summed E-state index contributed by atoms with van der Waals surface area (Å²) in [4.78, 5) is 57.0. The number of nitrogens with two attached hydrogens (primary N) is 2. The SMILES string of the molecule is Cc1cccc(C(=O)N[C@H](C(=O)N2CCC[C@H]2C(=O)C[C@@H](CCCN=C(N)N)C(=O)CF)C(C)C)c1. The number of hydrogen-bond acceptors (Lipinski definition) is 5. The zero-order valence-corrected chi connectivity index (χ0v) is 21.3. The number of likely N-dealkylation sites (tertiary alicyclic amines) is 1. The second-order valence-corrected chi connectivity index (χ2v) is 9.67. The van der Waals surface area contributed by atoms with Gasteiger partial charge < -0.3 is 21.7 Å². The summed E-state index contributed by atoms with van der Waals surface area (Å²) in [6.07, 6.45) is 1.64. The van der Waals surface area contributed by atoms with Crippen LogP contribution in [0, 0.1) is 18.8 Å². The summed E-state index contributed by atoms with van der Waals surface area (Å²) in [6.45, 7) is 5.04. The summed E-state index contributed by atoms with van der Waals surface area (Å²) >= 11 is 0. The number of hydrogen-bond donors (Lipinski definition) is 3. The smallest absolute Gasteiger partial charge is 0.251 e. The van der Waals surface area contributed by atoms with Gasteiger partial charge in [-0.05, 0) is 50.7 Å². The van der Waals surface area contributed by atoms with Crippen molar-refractivity contribution in [3.63, 3.8) is 0 Å². The summed E-state index contributed by atoms with van der Waals surface area (Å²) in [6, 6.07) is 5.56. The highest BCUT2D eigenvalue weighted by Gasteiger charge is 2.39. The predicted molar refractivity (Wildman–Crippen MR) is 136 cm³/mol. The molecule has 0 aromatic heterocycles. The molecule has 1 fully saturated rings. The van der Waals surface area contributed by atoms with Gasteiger partial charge >= 0.3 is 0 Å². The van der Waals surface area contributed by atoms with E-state index in [-0.39, 0.29) is 48.9 Å². The van der Waals surface area contributed by atoms with Gasteiger partial charge in [-0.1, -0.05) is 31.5 Å². The van der Waals surface area contributed by atoms with Crippen LogP contribution in [0.15, 0.2) is 29.3 Å². The molecule has 0 spiro atoms. The number of benzene rings is 1. The molecule has 1 aromatic rings. The van der Waals surface area contributed by atoms with Crippen molar-refractivity contribution in [2.45, 2.75) is 65.0 Å². The van der Waals surface area contributed by atoms with Crippen molar-refractivity contribution in [2.75, 3.05) is 19.8 Å². The summed E-state index contributed by atoms with van der Waals surface area (Å²) in [5.74, 6) is -2.69. The molecule has 3 atom stereocenters. The van der Waals surface area contributed by atoms with Gasteiger partial charge in [-0.15, -0.1) is 0 Å². The molecule has 2 rings (SSSR count). The minimum absolute atomic E-state index is 0.0752. The van der Waals surface area contributed by atoms with Crippen molar-refractivity contribution in [1.29, 1.82) is 0 Å². The van der Waals surface area contributed by atoms with E-state index in [2.05, 4.69) is 10.3 Å². The lowest BCUT2D eigenvalue weighted by Gasteiger charge is -2.31. The molecule has 0 unspecified atom stereocenters. The Morgan fingerprint density at radius 2 is 1.94 bits per heavy atom. The zero-order chi connectivity index (χ0) is 26.8. The molecule has 0 aliphatic carbocycles. The summed E-state index contributed by atoms with van der Waals surface area (Å²) in [5.41, 5.74) is 12.0. The van der Waals surface area contributed by atoms with E-state index in [1.807, 2.05) is 26.8 Å². The Kier molecular flexibility index (Phi) is 11.0. The third kappa shape index (κ3) is 8.13. The number of nitrogens with one attached hydrogen (secondary N) is 1. The van der Waals surface area contributed by atoms with Gasteiger partial charge in [0, 0.05) is 31.0 Å². The summed E-state index contributed by atoms with van der Waals surface area (Å²) < 4.78 is 13.2. The number of aryl methyl sites for hydroxylation is 1. The van der Waals surface area contributed by atoms with Crippen LogP contribution in [0.1, 0.15) is 61.9 Å². The minimum atomic E-state index is -1.16. The molecule has 1 aliphatic rings. The van der Waals surface area contributed by atoms with Gasteiger partial charge in [0.25, 0.3) is 5.91 Å². The lowest BCUT2D eigenvalue weighted by Crippen LogP contribution is -2.54. The van der Waals surface area contributed by atoms with E-state index in [4.69, 9.17) is 11.5 Å². The topological polar surface area (TPSA) is 148 Å². The van der Waals surface area contributed by atoms with E-state index in [0.717, 1.165) is 5.56 Å². The van der Waals surface area contributed by atoms with E-state index < -0.39 is 30.5 Å². The van der Waals surface area contributed by atoms with Crippen LogP contribution in [0.3, 0.4) is 0 Å². The van der Waals surface area contributed by atoms with Crippen molar-refractivity contribution in [1.82, 2.24) is 10.2 Å². The Balaban J connectivity index is 2.10. The maximum absolute atomic E-state index is 13.5. The Bertz CT molecular complexity index is 977. The zero-order valence-electron chi connectivity index (χ0n) is 21.3. The van der Waals surface area contributed by atoms with Crippen LogP contribution in [0.4, 0.5) is 4.39 Å². The van der Waals surface area contributed by atoms with Gasteiger partial charge in [-0.25, -0.2) is 4.39 Å². The lowest BCUT2D eigenvalue weighted by atomic mass is 9.90. The molecule has 2 amide bonds. The first-order valence-electron chi connectivity index (χ1n) is 12.4. The Hall–Kier alpha value is -3.30. The molecule has 198 valence electrons. The largest absolute Gasteiger partial charge is 0.370 e. The minimum Gasteiger partial charge on any atom is -0.370 e. The van der Waals surface area contributed by atoms with Crippen LogP contribution >= 0.6 is 0 Å². The van der Waals surface area contributed by atoms with E-state index in [0.29, 0.717) is 31.4 Å². The summed E-state index contributed by atoms with van der Waals surface area (Å²) in [5, 5.41) is 2.83. The molecule has 0 bridgehead atoms. The average Bonchev–Trinajstić information content (AvgIpc) is 3.33. The van der Waals surface area contributed by atoms with E-state index in [1.54, 1.807) is 18.2 Å². The van der Waals surface area contributed by atoms with Crippen molar-refractivity contribution >= 4 is 29.3 Å². The second kappa shape index (κ2) is 13.7. The Morgan fingerprint density at radius 1 is 1.22 bits per heavy atom. The second-order valence-electron chi connectivity index (χ2n) is 9.67. The van der Waals surface area contributed by atoms with Crippen molar-refractivity contribution in [3.8, 4) is 0 Å². The van der Waals surface area contributed by atoms with E-state index in [9.17, 15) is 23.6 Å². The van der Waals surface area contributed by atoms with Gasteiger partial charge in [0.05, 0.1) is 6.04 Å². The Morgan fingerprint density at radius 3 is 2.56 bits per heavy atom. The fourth-order valence-electron chi connectivity index (χ4n) is 4.48. The summed E-state index contributed by atoms with van der Waals surface area (Å²) in [7, 11) is 0. The van der Waals surface area contributed by atoms with Crippen LogP contribution in [0.2, 0.25) is 0 Å². The number of Topliss-reactive ketones (excluding diaryl/α,β-unsaturated/α-hetero) is 2. The Labute approximate surface area is 211 Å². The first-order chi connectivity index (χ1) is 17.0. The number of alkyl halides is 1. The van der Waals surface area contributed by atoms with Gasteiger partial charge in [0.2, 0.25) is 5.91 Å². The molecule has 1 aromatic carbocycles. The standard InChI is InChI=1S/C26H38FN5O4/c1-16(2)23(31-24(35)19-8-4-7-17(3)13-19)25(36)32-12-6-10-20(32)21(33)14-18(22(34)15-27)9-5-11-30-26(28)29/h4,7-8,13,16,18,20,23H,5-6,9-12,14-15H2,1-3H3,(H,31,35)(H4,28,29,30)/t18-,20+,23+/m1/s1. The third-order valence-electron chi connectivity index (χ3n) is 6.45. The molecule has 5 N–H and O–H groups in total. The van der Waals surface area contributed by atoms with Crippen LogP contribution < -0.4 is 16.8 Å². The highest BCUT2D eigenvalue weighted by Crippen LogP contribution is 2.25. The number of aliphatic imine (C=N–C) groups is 1.